The van der Waals surface area contributed by atoms with E-state index in [0.29, 0.717) is 23.4 Å². The second-order valence-electron chi connectivity index (χ2n) is 12.6. The van der Waals surface area contributed by atoms with Gasteiger partial charge >= 0.3 is 0 Å². The Balaban J connectivity index is 1.46. The lowest BCUT2D eigenvalue weighted by atomic mass is 9.47. The quantitative estimate of drug-likeness (QED) is 0.244. The maximum absolute atomic E-state index is 10.3. The number of hydrogen-bond acceptors (Lipinski definition) is 3. The van der Waals surface area contributed by atoms with Crippen molar-refractivity contribution >= 4 is 0 Å². The molecule has 0 amide bonds. The second-order valence-corrected chi connectivity index (χ2v) is 12.6. The van der Waals surface area contributed by atoms with E-state index >= 15 is 0 Å². The summed E-state index contributed by atoms with van der Waals surface area (Å²) in [7, 11) is 0. The molecule has 0 spiro atoms. The van der Waals surface area contributed by atoms with Gasteiger partial charge in [-0.05, 0) is 111 Å². The molecule has 32 heavy (non-hydrogen) atoms. The molecule has 0 bridgehead atoms. The summed E-state index contributed by atoms with van der Waals surface area (Å²) in [6, 6.07) is 0. The molecule has 4 aliphatic rings. The van der Waals surface area contributed by atoms with Crippen molar-refractivity contribution in [2.45, 2.75) is 105 Å². The first-order chi connectivity index (χ1) is 15.2. The Bertz CT molecular complexity index is 724. The van der Waals surface area contributed by atoms with Gasteiger partial charge in [0.05, 0.1) is 6.10 Å². The number of rotatable bonds is 7. The molecular weight excluding hydrogens is 396 g/mol. The average molecular weight is 445 g/mol. The molecule has 0 aliphatic heterocycles. The molecule has 3 heteroatoms. The van der Waals surface area contributed by atoms with Gasteiger partial charge in [-0.1, -0.05) is 57.9 Å². The summed E-state index contributed by atoms with van der Waals surface area (Å²) in [5.41, 5.74) is 3.85. The van der Waals surface area contributed by atoms with Crippen LogP contribution in [0.4, 0.5) is 0 Å². The van der Waals surface area contributed by atoms with Crippen molar-refractivity contribution in [1.82, 2.24) is 0 Å². The molecule has 4 rings (SSSR count). The van der Waals surface area contributed by atoms with Crippen LogP contribution in [0.1, 0.15) is 98.8 Å². The van der Waals surface area contributed by atoms with Crippen LogP contribution < -0.4 is 0 Å². The normalized spacial score (nSPS) is 42.8. The molecule has 2 N–H and O–H groups in total. The van der Waals surface area contributed by atoms with E-state index in [2.05, 4.69) is 51.7 Å². The summed E-state index contributed by atoms with van der Waals surface area (Å²) in [6.07, 6.45) is 16.9. The summed E-state index contributed by atoms with van der Waals surface area (Å²) < 4.78 is 0. The highest BCUT2D eigenvalue weighted by Crippen LogP contribution is 2.67. The number of allylic oxidation sites excluding steroid dienone is 2. The highest BCUT2D eigenvalue weighted by Gasteiger charge is 2.59. The monoisotopic (exact) mass is 444 g/mol. The molecule has 0 saturated heterocycles. The molecule has 0 aromatic heterocycles. The van der Waals surface area contributed by atoms with Gasteiger partial charge in [0.15, 0.2) is 0 Å². The molecule has 1 unspecified atom stereocenters. The molecule has 0 radical (unpaired) electrons. The number of hydrogen-bond donors (Lipinski definition) is 2. The van der Waals surface area contributed by atoms with E-state index in [9.17, 15) is 5.11 Å². The van der Waals surface area contributed by atoms with Crippen LogP contribution in [-0.4, -0.2) is 23.1 Å². The molecule has 3 nitrogen and oxygen atoms in total. The van der Waals surface area contributed by atoms with Gasteiger partial charge in [0.2, 0.25) is 0 Å². The van der Waals surface area contributed by atoms with Gasteiger partial charge in [-0.25, -0.2) is 4.89 Å². The topological polar surface area (TPSA) is 49.7 Å². The molecule has 0 heterocycles. The number of fused-ring (bicyclic) bond motifs is 5. The number of aliphatic hydroxyl groups is 1. The Morgan fingerprint density at radius 2 is 1.91 bits per heavy atom. The van der Waals surface area contributed by atoms with Crippen molar-refractivity contribution in [2.75, 3.05) is 6.61 Å². The molecule has 3 saturated carbocycles. The van der Waals surface area contributed by atoms with Crippen LogP contribution in [0.25, 0.3) is 0 Å². The first-order valence-electron chi connectivity index (χ1n) is 13.5. The maximum Gasteiger partial charge on any atom is 0.100 e. The fraction of sp³-hybridized carbons (Fsp3) is 0.862. The Morgan fingerprint density at radius 1 is 1.12 bits per heavy atom. The minimum atomic E-state index is -0.106. The first-order valence-corrected chi connectivity index (χ1v) is 13.5. The molecule has 4 aliphatic carbocycles. The summed E-state index contributed by atoms with van der Waals surface area (Å²) in [5, 5.41) is 19.0. The third-order valence-electron chi connectivity index (χ3n) is 10.9. The van der Waals surface area contributed by atoms with Crippen LogP contribution in [0.15, 0.2) is 23.3 Å². The second kappa shape index (κ2) is 9.55. The molecular formula is C29H48O3. The van der Waals surface area contributed by atoms with Gasteiger partial charge in [0, 0.05) is 0 Å². The van der Waals surface area contributed by atoms with E-state index in [0.717, 1.165) is 48.9 Å². The van der Waals surface area contributed by atoms with Gasteiger partial charge in [-0.3, -0.25) is 5.26 Å². The molecule has 0 aromatic carbocycles. The molecule has 0 aromatic rings. The largest absolute Gasteiger partial charge is 0.393 e. The molecule has 8 atom stereocenters. The lowest BCUT2D eigenvalue weighted by Gasteiger charge is -2.58. The van der Waals surface area contributed by atoms with Crippen LogP contribution in [0.3, 0.4) is 0 Å². The van der Waals surface area contributed by atoms with Gasteiger partial charge in [-0.15, -0.1) is 0 Å². The lowest BCUT2D eigenvalue weighted by molar-refractivity contribution is -0.232. The van der Waals surface area contributed by atoms with Gasteiger partial charge in [0.25, 0.3) is 0 Å². The van der Waals surface area contributed by atoms with Crippen LogP contribution in [0.2, 0.25) is 0 Å². The fourth-order valence-corrected chi connectivity index (χ4v) is 8.98. The van der Waals surface area contributed by atoms with Crippen LogP contribution in [-0.2, 0) is 4.89 Å². The van der Waals surface area contributed by atoms with Crippen molar-refractivity contribution in [1.29, 1.82) is 0 Å². The Morgan fingerprint density at radius 3 is 2.62 bits per heavy atom. The van der Waals surface area contributed by atoms with Crippen molar-refractivity contribution in [2.24, 2.45) is 46.3 Å². The van der Waals surface area contributed by atoms with Gasteiger partial charge in [-0.2, -0.15) is 0 Å². The van der Waals surface area contributed by atoms with E-state index in [1.54, 1.807) is 5.57 Å². The summed E-state index contributed by atoms with van der Waals surface area (Å²) in [5.74, 6) is 4.64. The van der Waals surface area contributed by atoms with E-state index in [1.165, 1.54) is 50.5 Å². The van der Waals surface area contributed by atoms with Crippen molar-refractivity contribution < 1.29 is 15.3 Å². The smallest absolute Gasteiger partial charge is 0.100 e. The minimum Gasteiger partial charge on any atom is -0.393 e. The SMILES string of the molecule is CC(C)C(=CCOO)CC[C@@H](C)[C@H]1CC[C@H]2[C@@H]3CC=C4CC(O)CC[C@]4(C)[C@H]3CC[C@]12C. The highest BCUT2D eigenvalue weighted by molar-refractivity contribution is 5.25. The number of aliphatic hydroxyl groups excluding tert-OH is 1. The third-order valence-corrected chi connectivity index (χ3v) is 10.9. The zero-order valence-corrected chi connectivity index (χ0v) is 21.3. The van der Waals surface area contributed by atoms with Crippen LogP contribution in [0.5, 0.6) is 0 Å². The van der Waals surface area contributed by atoms with E-state index in [-0.39, 0.29) is 6.10 Å². The van der Waals surface area contributed by atoms with Gasteiger partial charge in [0.1, 0.15) is 6.61 Å². The third kappa shape index (κ3) is 4.27. The summed E-state index contributed by atoms with van der Waals surface area (Å²) in [4.78, 5) is 4.32. The van der Waals surface area contributed by atoms with E-state index in [1.807, 2.05) is 0 Å². The highest BCUT2D eigenvalue weighted by atomic mass is 17.1. The van der Waals surface area contributed by atoms with Gasteiger partial charge < -0.3 is 5.11 Å². The average Bonchev–Trinajstić information content (AvgIpc) is 3.11. The Kier molecular flexibility index (Phi) is 7.30. The predicted molar refractivity (Wildman–Crippen MR) is 131 cm³/mol. The summed E-state index contributed by atoms with van der Waals surface area (Å²) in [6.45, 7) is 12.5. The first kappa shape index (κ1) is 24.5. The lowest BCUT2D eigenvalue weighted by Crippen LogP contribution is -2.50. The van der Waals surface area contributed by atoms with E-state index < -0.39 is 0 Å². The van der Waals surface area contributed by atoms with Crippen molar-refractivity contribution in [3.63, 3.8) is 0 Å². The standard InChI is InChI=1S/C29H48O3/c1-19(2)21(14-17-32-31)7-6-20(3)25-10-11-26-24-9-8-22-18-23(30)12-15-28(22,4)27(24)13-16-29(25,26)5/h8,14,19-20,23-27,30-31H,6-7,9-13,15-18H2,1-5H3/t20-,23?,24+,25-,26+,27+,28+,29-/m1/s1. The zero-order valence-electron chi connectivity index (χ0n) is 21.3. The maximum atomic E-state index is 10.3. The predicted octanol–water partition coefficient (Wildman–Crippen LogP) is 7.41. The Labute approximate surface area is 196 Å². The Hall–Kier alpha value is -0.640. The minimum absolute atomic E-state index is 0.106. The van der Waals surface area contributed by atoms with E-state index in [4.69, 9.17) is 5.26 Å². The van der Waals surface area contributed by atoms with Crippen molar-refractivity contribution in [3.8, 4) is 0 Å². The zero-order chi connectivity index (χ0) is 23.1. The van der Waals surface area contributed by atoms with Crippen LogP contribution >= 0.6 is 0 Å². The van der Waals surface area contributed by atoms with Crippen molar-refractivity contribution in [3.05, 3.63) is 23.3 Å². The molecule has 3 fully saturated rings. The fourth-order valence-electron chi connectivity index (χ4n) is 8.98. The van der Waals surface area contributed by atoms with Crippen LogP contribution in [0, 0.1) is 46.3 Å². The molecule has 182 valence electrons. The summed E-state index contributed by atoms with van der Waals surface area (Å²) >= 11 is 0.